The normalized spacial score (nSPS) is 22.5. The molecule has 0 N–H and O–H groups in total. The van der Waals surface area contributed by atoms with Crippen LogP contribution in [-0.2, 0) is 16.0 Å². The summed E-state index contributed by atoms with van der Waals surface area (Å²) in [4.78, 5) is 21.3. The van der Waals surface area contributed by atoms with Crippen molar-refractivity contribution in [3.05, 3.63) is 64.7 Å². The van der Waals surface area contributed by atoms with Crippen LogP contribution in [0.1, 0.15) is 64.4 Å². The van der Waals surface area contributed by atoms with Gasteiger partial charge >= 0.3 is 0 Å². The fraction of sp³-hybridized carbons (Fsp3) is 0.567. The van der Waals surface area contributed by atoms with Gasteiger partial charge in [-0.15, -0.1) is 0 Å². The van der Waals surface area contributed by atoms with E-state index in [1.165, 1.54) is 44.1 Å². The summed E-state index contributed by atoms with van der Waals surface area (Å²) in [5.74, 6) is 0.625. The third kappa shape index (κ3) is 6.07. The van der Waals surface area contributed by atoms with Gasteiger partial charge in [0, 0.05) is 43.8 Å². The van der Waals surface area contributed by atoms with E-state index in [4.69, 9.17) is 4.74 Å². The Morgan fingerprint density at radius 1 is 1.22 bits per heavy atom. The molecule has 4 rings (SSSR count). The van der Waals surface area contributed by atoms with E-state index in [1.807, 2.05) is 17.0 Å². The monoisotopic (exact) mass is 488 g/mol. The van der Waals surface area contributed by atoms with Crippen LogP contribution < -0.4 is 0 Å². The average Bonchev–Trinajstić information content (AvgIpc) is 3.19. The largest absolute Gasteiger partial charge is 0.376 e. The number of rotatable bonds is 6. The molecule has 2 fully saturated rings. The van der Waals surface area contributed by atoms with Gasteiger partial charge in [0.15, 0.2) is 0 Å². The lowest BCUT2D eigenvalue weighted by Gasteiger charge is -2.42. The summed E-state index contributed by atoms with van der Waals surface area (Å²) < 4.78 is 5.87. The Hall–Kier alpha value is -2.91. The average molecular weight is 489 g/mol. The Balaban J connectivity index is 1.51. The van der Waals surface area contributed by atoms with E-state index < -0.39 is 0 Å². The highest BCUT2D eigenvalue weighted by atomic mass is 16.5. The molecule has 1 aliphatic carbocycles. The molecule has 1 aromatic heterocycles. The molecule has 0 radical (unpaired) electrons. The molecule has 1 aromatic rings. The highest BCUT2D eigenvalue weighted by Gasteiger charge is 2.30. The topological polar surface area (TPSA) is 69.5 Å². The van der Waals surface area contributed by atoms with Crippen LogP contribution in [0.2, 0.25) is 0 Å². The smallest absolute Gasteiger partial charge is 0.227 e. The number of nitrogens with zero attached hydrogens (tertiary/aromatic N) is 4. The first-order valence-electron chi connectivity index (χ1n) is 13.5. The van der Waals surface area contributed by atoms with Crippen molar-refractivity contribution in [3.8, 4) is 6.07 Å². The van der Waals surface area contributed by atoms with E-state index >= 15 is 0 Å². The van der Waals surface area contributed by atoms with Crippen molar-refractivity contribution in [2.75, 3.05) is 32.8 Å². The number of amides is 1. The molecule has 3 aliphatic rings. The third-order valence-corrected chi connectivity index (χ3v) is 8.12. The zero-order valence-corrected chi connectivity index (χ0v) is 22.0. The Morgan fingerprint density at radius 2 is 2.00 bits per heavy atom. The summed E-state index contributed by atoms with van der Waals surface area (Å²) in [5.41, 5.74) is 6.18. The maximum absolute atomic E-state index is 13.0. The van der Waals surface area contributed by atoms with Crippen LogP contribution in [0, 0.1) is 17.2 Å². The number of allylic oxidation sites excluding steroid dienone is 2. The van der Waals surface area contributed by atoms with Gasteiger partial charge in [-0.1, -0.05) is 38.3 Å². The van der Waals surface area contributed by atoms with Crippen molar-refractivity contribution in [1.29, 1.82) is 5.26 Å². The second-order valence-electron chi connectivity index (χ2n) is 10.5. The Morgan fingerprint density at radius 3 is 2.67 bits per heavy atom. The summed E-state index contributed by atoms with van der Waals surface area (Å²) >= 11 is 0. The van der Waals surface area contributed by atoms with Crippen molar-refractivity contribution in [2.24, 2.45) is 5.92 Å². The molecule has 6 heteroatoms. The quantitative estimate of drug-likeness (QED) is 0.407. The van der Waals surface area contributed by atoms with Crippen LogP contribution in [0.25, 0.3) is 0 Å². The maximum Gasteiger partial charge on any atom is 0.227 e. The van der Waals surface area contributed by atoms with Crippen LogP contribution in [0.5, 0.6) is 0 Å². The van der Waals surface area contributed by atoms with Crippen molar-refractivity contribution in [1.82, 2.24) is 14.8 Å². The molecule has 0 bridgehead atoms. The van der Waals surface area contributed by atoms with E-state index in [0.717, 1.165) is 47.5 Å². The lowest BCUT2D eigenvalue weighted by Crippen LogP contribution is -2.53. The minimum absolute atomic E-state index is 0.0712. The highest BCUT2D eigenvalue weighted by Crippen LogP contribution is 2.37. The Labute approximate surface area is 216 Å². The van der Waals surface area contributed by atoms with Crippen LogP contribution in [-0.4, -0.2) is 59.6 Å². The van der Waals surface area contributed by atoms with E-state index in [1.54, 1.807) is 12.4 Å². The van der Waals surface area contributed by atoms with Gasteiger partial charge in [0.2, 0.25) is 5.91 Å². The zero-order chi connectivity index (χ0) is 25.5. The first-order chi connectivity index (χ1) is 17.5. The molecule has 3 heterocycles. The maximum atomic E-state index is 13.0. The number of carbonyl (C=O) groups is 1. The van der Waals surface area contributed by atoms with Crippen molar-refractivity contribution in [3.63, 3.8) is 0 Å². The standard InChI is InChI=1S/C30H40N4O2/c1-22-20-33(14-15-34(22)30(35)17-25-9-8-13-32-19-25)24(3)28(18-31)27-12-16-36-21-29(27)23(2)26-10-6-4-5-7-11-26/h8-9,13,19,22,26H,2,4-7,10-12,14-17,20-21H2,1,3H3/b28-24+. The molecular formula is C30H40N4O2. The van der Waals surface area contributed by atoms with Crippen molar-refractivity contribution < 1.29 is 9.53 Å². The number of ether oxygens (including phenoxy) is 1. The van der Waals surface area contributed by atoms with E-state index in [0.29, 0.717) is 32.1 Å². The minimum atomic E-state index is 0.0712. The summed E-state index contributed by atoms with van der Waals surface area (Å²) in [6.45, 7) is 12.0. The number of piperazine rings is 1. The van der Waals surface area contributed by atoms with Gasteiger partial charge in [-0.25, -0.2) is 0 Å². The zero-order valence-electron chi connectivity index (χ0n) is 22.0. The SMILES string of the molecule is C=C(C1=C(/C(C#N)=C(\C)N2CCN(C(=O)Cc3cccnc3)C(C)C2)CCOC1)C1CCCCCC1. The van der Waals surface area contributed by atoms with E-state index in [9.17, 15) is 10.1 Å². The molecule has 1 saturated carbocycles. The third-order valence-electron chi connectivity index (χ3n) is 8.12. The molecule has 0 spiro atoms. The van der Waals surface area contributed by atoms with Crippen LogP contribution in [0.3, 0.4) is 0 Å². The molecule has 1 amide bonds. The number of aromatic nitrogens is 1. The first-order valence-corrected chi connectivity index (χ1v) is 13.5. The van der Waals surface area contributed by atoms with Gasteiger partial charge in [-0.3, -0.25) is 9.78 Å². The molecule has 0 aromatic carbocycles. The van der Waals surface area contributed by atoms with Gasteiger partial charge < -0.3 is 14.5 Å². The molecular weight excluding hydrogens is 448 g/mol. The molecule has 1 saturated heterocycles. The van der Waals surface area contributed by atoms with Crippen LogP contribution in [0.15, 0.2) is 59.1 Å². The van der Waals surface area contributed by atoms with Gasteiger partial charge in [0.1, 0.15) is 6.07 Å². The van der Waals surface area contributed by atoms with Crippen LogP contribution >= 0.6 is 0 Å². The minimum Gasteiger partial charge on any atom is -0.376 e. The molecule has 1 atom stereocenters. The van der Waals surface area contributed by atoms with Gasteiger partial charge in [0.25, 0.3) is 0 Å². The Bertz CT molecular complexity index is 1040. The van der Waals surface area contributed by atoms with E-state index in [2.05, 4.69) is 36.4 Å². The predicted octanol–water partition coefficient (Wildman–Crippen LogP) is 5.20. The number of carbonyl (C=O) groups excluding carboxylic acids is 1. The number of nitriles is 1. The van der Waals surface area contributed by atoms with Crippen molar-refractivity contribution >= 4 is 5.91 Å². The summed E-state index contributed by atoms with van der Waals surface area (Å²) in [7, 11) is 0. The van der Waals surface area contributed by atoms with Gasteiger partial charge in [-0.2, -0.15) is 5.26 Å². The summed E-state index contributed by atoms with van der Waals surface area (Å²) in [6.07, 6.45) is 12.1. The fourth-order valence-corrected chi connectivity index (χ4v) is 5.96. The lowest BCUT2D eigenvalue weighted by atomic mass is 9.82. The molecule has 36 heavy (non-hydrogen) atoms. The lowest BCUT2D eigenvalue weighted by molar-refractivity contribution is -0.134. The fourth-order valence-electron chi connectivity index (χ4n) is 5.96. The van der Waals surface area contributed by atoms with Gasteiger partial charge in [-0.05, 0) is 67.4 Å². The first kappa shape index (κ1) is 26.2. The van der Waals surface area contributed by atoms with Crippen molar-refractivity contribution in [2.45, 2.75) is 71.3 Å². The van der Waals surface area contributed by atoms with E-state index in [-0.39, 0.29) is 11.9 Å². The summed E-state index contributed by atoms with van der Waals surface area (Å²) in [6, 6.07) is 6.43. The number of hydrogen-bond donors (Lipinski definition) is 0. The highest BCUT2D eigenvalue weighted by molar-refractivity contribution is 5.79. The molecule has 192 valence electrons. The predicted molar refractivity (Wildman–Crippen MR) is 142 cm³/mol. The molecule has 6 nitrogen and oxygen atoms in total. The second kappa shape index (κ2) is 12.4. The number of hydrogen-bond acceptors (Lipinski definition) is 5. The molecule has 2 aliphatic heterocycles. The molecule has 1 unspecified atom stereocenters. The Kier molecular flexibility index (Phi) is 8.98. The van der Waals surface area contributed by atoms with Crippen LogP contribution in [0.4, 0.5) is 0 Å². The van der Waals surface area contributed by atoms with Gasteiger partial charge in [0.05, 0.1) is 25.2 Å². The number of pyridine rings is 1. The second-order valence-corrected chi connectivity index (χ2v) is 10.5. The summed E-state index contributed by atoms with van der Waals surface area (Å²) in [5, 5.41) is 10.3.